The van der Waals surface area contributed by atoms with Crippen LogP contribution in [-0.2, 0) is 13.2 Å². The fourth-order valence-electron chi connectivity index (χ4n) is 2.36. The largest absolute Gasteiger partial charge is 0.487 e. The summed E-state index contributed by atoms with van der Waals surface area (Å²) < 4.78 is 8.73. The number of ether oxygens (including phenoxy) is 1. The molecule has 0 saturated heterocycles. The number of nitrogens with zero attached hydrogens (tertiary/aromatic N) is 2. The van der Waals surface area contributed by atoms with Crippen molar-refractivity contribution in [1.82, 2.24) is 9.78 Å². The first-order valence-corrected chi connectivity index (χ1v) is 7.60. The summed E-state index contributed by atoms with van der Waals surface area (Å²) in [6, 6.07) is 13.7. The normalized spacial score (nSPS) is 11.0. The van der Waals surface area contributed by atoms with Crippen molar-refractivity contribution in [1.29, 1.82) is 0 Å². The maximum Gasteiger partial charge on any atom is 0.133 e. The number of hydrogen-bond donors (Lipinski definition) is 1. The van der Waals surface area contributed by atoms with Crippen LogP contribution in [0.5, 0.6) is 5.75 Å². The second-order valence-corrected chi connectivity index (χ2v) is 5.70. The van der Waals surface area contributed by atoms with Gasteiger partial charge >= 0.3 is 0 Å². The lowest BCUT2D eigenvalue weighted by Gasteiger charge is -2.06. The lowest BCUT2D eigenvalue weighted by atomic mass is 10.2. The number of hydrogen-bond acceptors (Lipinski definition) is 3. The minimum atomic E-state index is 0.420. The number of nitrogen functional groups attached to an aromatic ring is 1. The Morgan fingerprint density at radius 1 is 1.24 bits per heavy atom. The van der Waals surface area contributed by atoms with E-state index in [9.17, 15) is 0 Å². The molecule has 2 N–H and O–H groups in total. The monoisotopic (exact) mass is 345 g/mol. The van der Waals surface area contributed by atoms with Gasteiger partial charge in [0.25, 0.3) is 0 Å². The number of nitrogens with two attached hydrogens (primary N) is 1. The van der Waals surface area contributed by atoms with Gasteiger partial charge in [-0.05, 0) is 25.1 Å². The molecule has 21 heavy (non-hydrogen) atoms. The van der Waals surface area contributed by atoms with Gasteiger partial charge in [0, 0.05) is 28.2 Å². The Kier molecular flexibility index (Phi) is 3.84. The van der Waals surface area contributed by atoms with Gasteiger partial charge < -0.3 is 10.5 Å². The molecule has 0 atom stereocenters. The number of rotatable bonds is 4. The minimum Gasteiger partial charge on any atom is -0.487 e. The quantitative estimate of drug-likeness (QED) is 0.727. The number of para-hydroxylation sites is 1. The van der Waals surface area contributed by atoms with Crippen molar-refractivity contribution in [2.24, 2.45) is 0 Å². The van der Waals surface area contributed by atoms with Crippen LogP contribution in [0.2, 0.25) is 0 Å². The first-order valence-electron chi connectivity index (χ1n) is 6.80. The molecule has 5 heteroatoms. The van der Waals surface area contributed by atoms with E-state index in [2.05, 4.69) is 40.1 Å². The second-order valence-electron chi connectivity index (χ2n) is 4.79. The first-order chi connectivity index (χ1) is 10.2. The van der Waals surface area contributed by atoms with Crippen LogP contribution >= 0.6 is 15.9 Å². The van der Waals surface area contributed by atoms with Crippen LogP contribution in [-0.4, -0.2) is 9.78 Å². The highest BCUT2D eigenvalue weighted by molar-refractivity contribution is 9.10. The third-order valence-corrected chi connectivity index (χ3v) is 3.76. The Hall–Kier alpha value is -2.01. The SMILES string of the molecule is CCn1nc(COc2cc(N)cc(Br)c2)c2ccccc21. The Labute approximate surface area is 131 Å². The Balaban J connectivity index is 1.88. The molecule has 0 spiro atoms. The van der Waals surface area contributed by atoms with Crippen molar-refractivity contribution in [3.05, 3.63) is 52.6 Å². The summed E-state index contributed by atoms with van der Waals surface area (Å²) >= 11 is 3.41. The molecule has 3 rings (SSSR count). The molecule has 0 aliphatic rings. The maximum atomic E-state index is 5.83. The zero-order valence-electron chi connectivity index (χ0n) is 11.7. The fraction of sp³-hybridized carbons (Fsp3) is 0.188. The first kappa shape index (κ1) is 13.9. The fourth-order valence-corrected chi connectivity index (χ4v) is 2.85. The van der Waals surface area contributed by atoms with Crippen molar-refractivity contribution in [3.8, 4) is 5.75 Å². The summed E-state index contributed by atoms with van der Waals surface area (Å²) in [5.41, 5.74) is 8.55. The van der Waals surface area contributed by atoms with Gasteiger partial charge in [-0.25, -0.2) is 0 Å². The molecule has 0 unspecified atom stereocenters. The standard InChI is InChI=1S/C16H16BrN3O/c1-2-20-16-6-4-3-5-14(16)15(19-20)10-21-13-8-11(17)7-12(18)9-13/h3-9H,2,10,18H2,1H3. The number of fused-ring (bicyclic) bond motifs is 1. The van der Waals surface area contributed by atoms with E-state index in [4.69, 9.17) is 10.5 Å². The highest BCUT2D eigenvalue weighted by Gasteiger charge is 2.10. The van der Waals surface area contributed by atoms with Gasteiger partial charge in [-0.2, -0.15) is 5.10 Å². The van der Waals surface area contributed by atoms with E-state index in [0.29, 0.717) is 12.3 Å². The van der Waals surface area contributed by atoms with Crippen molar-refractivity contribution in [2.75, 3.05) is 5.73 Å². The van der Waals surface area contributed by atoms with Gasteiger partial charge in [-0.3, -0.25) is 4.68 Å². The van der Waals surface area contributed by atoms with Crippen molar-refractivity contribution in [2.45, 2.75) is 20.1 Å². The van der Waals surface area contributed by atoms with Gasteiger partial charge in [-0.15, -0.1) is 0 Å². The minimum absolute atomic E-state index is 0.420. The topological polar surface area (TPSA) is 53.1 Å². The summed E-state index contributed by atoms with van der Waals surface area (Å²) in [5, 5.41) is 5.74. The number of anilines is 1. The predicted octanol–water partition coefficient (Wildman–Crippen LogP) is 3.98. The zero-order chi connectivity index (χ0) is 14.8. The summed E-state index contributed by atoms with van der Waals surface area (Å²) in [4.78, 5) is 0. The Morgan fingerprint density at radius 3 is 2.81 bits per heavy atom. The second kappa shape index (κ2) is 5.77. The van der Waals surface area contributed by atoms with Gasteiger partial charge in [-0.1, -0.05) is 34.1 Å². The Morgan fingerprint density at radius 2 is 2.05 bits per heavy atom. The lowest BCUT2D eigenvalue weighted by molar-refractivity contribution is 0.301. The van der Waals surface area contributed by atoms with Crippen LogP contribution in [0.15, 0.2) is 46.9 Å². The third kappa shape index (κ3) is 2.88. The summed E-state index contributed by atoms with van der Waals surface area (Å²) in [7, 11) is 0. The van der Waals surface area contributed by atoms with Crippen LogP contribution in [0.4, 0.5) is 5.69 Å². The molecule has 0 bridgehead atoms. The average molecular weight is 346 g/mol. The van der Waals surface area contributed by atoms with Gasteiger partial charge in [0.15, 0.2) is 0 Å². The molecule has 4 nitrogen and oxygen atoms in total. The van der Waals surface area contributed by atoms with Crippen molar-refractivity contribution in [3.63, 3.8) is 0 Å². The van der Waals surface area contributed by atoms with Crippen molar-refractivity contribution < 1.29 is 4.74 Å². The highest BCUT2D eigenvalue weighted by atomic mass is 79.9. The van der Waals surface area contributed by atoms with Crippen LogP contribution in [0.1, 0.15) is 12.6 Å². The molecule has 0 amide bonds. The smallest absolute Gasteiger partial charge is 0.133 e. The third-order valence-electron chi connectivity index (χ3n) is 3.30. The van der Waals surface area contributed by atoms with E-state index >= 15 is 0 Å². The van der Waals surface area contributed by atoms with E-state index in [1.165, 1.54) is 0 Å². The van der Waals surface area contributed by atoms with E-state index < -0.39 is 0 Å². The van der Waals surface area contributed by atoms with Crippen LogP contribution < -0.4 is 10.5 Å². The molecular formula is C16H16BrN3O. The molecule has 3 aromatic rings. The molecule has 0 aliphatic heterocycles. The summed E-state index contributed by atoms with van der Waals surface area (Å²) in [5.74, 6) is 0.733. The van der Waals surface area contributed by atoms with Gasteiger partial charge in [0.1, 0.15) is 18.1 Å². The van der Waals surface area contributed by atoms with Crippen molar-refractivity contribution >= 4 is 32.5 Å². The molecule has 108 valence electrons. The van der Waals surface area contributed by atoms with E-state index in [1.807, 2.05) is 35.0 Å². The Bertz CT molecular complexity index is 762. The average Bonchev–Trinajstić information content (AvgIpc) is 2.82. The van der Waals surface area contributed by atoms with Crippen LogP contribution in [0.25, 0.3) is 10.9 Å². The van der Waals surface area contributed by atoms with Gasteiger partial charge in [0.2, 0.25) is 0 Å². The number of benzene rings is 2. The van der Waals surface area contributed by atoms with E-state index in [0.717, 1.165) is 33.4 Å². The molecule has 0 fully saturated rings. The highest BCUT2D eigenvalue weighted by Crippen LogP contribution is 2.25. The van der Waals surface area contributed by atoms with E-state index in [1.54, 1.807) is 0 Å². The van der Waals surface area contributed by atoms with E-state index in [-0.39, 0.29) is 0 Å². The zero-order valence-corrected chi connectivity index (χ0v) is 13.3. The molecular weight excluding hydrogens is 330 g/mol. The number of halogens is 1. The van der Waals surface area contributed by atoms with Crippen LogP contribution in [0.3, 0.4) is 0 Å². The molecule has 1 heterocycles. The number of aryl methyl sites for hydroxylation is 1. The maximum absolute atomic E-state index is 5.83. The summed E-state index contributed by atoms with van der Waals surface area (Å²) in [6.45, 7) is 3.34. The lowest BCUT2D eigenvalue weighted by Crippen LogP contribution is -2.00. The number of aromatic nitrogens is 2. The molecule has 1 aromatic heterocycles. The van der Waals surface area contributed by atoms with Crippen LogP contribution in [0, 0.1) is 0 Å². The molecule has 2 aromatic carbocycles. The predicted molar refractivity (Wildman–Crippen MR) is 88.3 cm³/mol. The van der Waals surface area contributed by atoms with Gasteiger partial charge in [0.05, 0.1) is 5.52 Å². The molecule has 0 aliphatic carbocycles. The molecule has 0 radical (unpaired) electrons. The summed E-state index contributed by atoms with van der Waals surface area (Å²) in [6.07, 6.45) is 0. The molecule has 0 saturated carbocycles.